The Morgan fingerprint density at radius 1 is 1.40 bits per heavy atom. The number of carbonyl (C=O) groups is 1. The number of allylic oxidation sites excluding steroid dienone is 3. The molecule has 0 aromatic heterocycles. The minimum absolute atomic E-state index is 0.246. The molecule has 1 N–H and O–H groups in total. The van der Waals surface area contributed by atoms with E-state index in [0.717, 1.165) is 24.8 Å². The summed E-state index contributed by atoms with van der Waals surface area (Å²) in [5.41, 5.74) is 4.77. The van der Waals surface area contributed by atoms with Gasteiger partial charge in [-0.15, -0.1) is 0 Å². The standard InChI is InChI=1S/C18H19NO/c1-3-4-7-15-12-14(10-11-18(20)19-2)13-16-8-5-6-9-17(15)16/h5-9,13H,3-4,12H2,1-2H3,(H,19,20)/b15-7+. The van der Waals surface area contributed by atoms with Crippen LogP contribution in [0.2, 0.25) is 0 Å². The lowest BCUT2D eigenvalue weighted by molar-refractivity contribution is -0.115. The first-order chi connectivity index (χ1) is 9.74. The molecule has 0 heterocycles. The minimum Gasteiger partial charge on any atom is -0.348 e. The van der Waals surface area contributed by atoms with Crippen molar-refractivity contribution >= 4 is 17.6 Å². The number of hydrogen-bond donors (Lipinski definition) is 1. The third-order valence-corrected chi connectivity index (χ3v) is 3.26. The number of unbranched alkanes of at least 4 members (excludes halogenated alkanes) is 1. The van der Waals surface area contributed by atoms with Crippen molar-refractivity contribution in [3.63, 3.8) is 0 Å². The highest BCUT2D eigenvalue weighted by Crippen LogP contribution is 2.32. The van der Waals surface area contributed by atoms with Crippen LogP contribution in [0.4, 0.5) is 0 Å². The van der Waals surface area contributed by atoms with Gasteiger partial charge in [0.2, 0.25) is 0 Å². The summed E-state index contributed by atoms with van der Waals surface area (Å²) >= 11 is 0. The van der Waals surface area contributed by atoms with Gasteiger partial charge in [-0.3, -0.25) is 4.79 Å². The molecule has 0 saturated heterocycles. The molecule has 0 atom stereocenters. The Bertz CT molecular complexity index is 626. The molecule has 2 rings (SSSR count). The maximum absolute atomic E-state index is 11.2. The van der Waals surface area contributed by atoms with Crippen LogP contribution in [-0.2, 0) is 4.79 Å². The van der Waals surface area contributed by atoms with Crippen LogP contribution in [0, 0.1) is 11.8 Å². The maximum atomic E-state index is 11.2. The van der Waals surface area contributed by atoms with Gasteiger partial charge in [-0.2, -0.15) is 0 Å². The molecule has 0 aliphatic heterocycles. The number of rotatable bonds is 2. The van der Waals surface area contributed by atoms with E-state index in [9.17, 15) is 4.79 Å². The van der Waals surface area contributed by atoms with E-state index in [1.807, 2.05) is 6.07 Å². The smallest absolute Gasteiger partial charge is 0.295 e. The van der Waals surface area contributed by atoms with E-state index in [1.165, 1.54) is 16.7 Å². The highest BCUT2D eigenvalue weighted by Gasteiger charge is 2.13. The van der Waals surface area contributed by atoms with Gasteiger partial charge in [0.1, 0.15) is 0 Å². The fourth-order valence-corrected chi connectivity index (χ4v) is 2.23. The summed E-state index contributed by atoms with van der Waals surface area (Å²) in [6.45, 7) is 2.17. The van der Waals surface area contributed by atoms with Crippen molar-refractivity contribution in [1.29, 1.82) is 0 Å². The number of carbonyl (C=O) groups excluding carboxylic acids is 1. The molecule has 0 unspecified atom stereocenters. The lowest BCUT2D eigenvalue weighted by Gasteiger charge is -2.17. The number of fused-ring (bicyclic) bond motifs is 1. The highest BCUT2D eigenvalue weighted by molar-refractivity contribution is 5.94. The molecule has 1 aromatic rings. The minimum atomic E-state index is -0.246. The van der Waals surface area contributed by atoms with Gasteiger partial charge in [-0.05, 0) is 35.1 Å². The van der Waals surface area contributed by atoms with E-state index in [-0.39, 0.29) is 5.91 Å². The molecule has 1 aliphatic carbocycles. The molecule has 20 heavy (non-hydrogen) atoms. The molecule has 1 amide bonds. The van der Waals surface area contributed by atoms with Crippen molar-refractivity contribution in [2.45, 2.75) is 26.2 Å². The van der Waals surface area contributed by atoms with Crippen LogP contribution in [0.1, 0.15) is 37.3 Å². The monoisotopic (exact) mass is 265 g/mol. The van der Waals surface area contributed by atoms with E-state index in [0.29, 0.717) is 0 Å². The van der Waals surface area contributed by atoms with Crippen molar-refractivity contribution < 1.29 is 4.79 Å². The molecule has 0 saturated carbocycles. The average molecular weight is 265 g/mol. The van der Waals surface area contributed by atoms with Crippen LogP contribution in [0.5, 0.6) is 0 Å². The van der Waals surface area contributed by atoms with Crippen LogP contribution < -0.4 is 5.32 Å². The first kappa shape index (κ1) is 14.1. The van der Waals surface area contributed by atoms with Crippen molar-refractivity contribution in [2.75, 3.05) is 7.05 Å². The Morgan fingerprint density at radius 2 is 2.20 bits per heavy atom. The number of amides is 1. The third-order valence-electron chi connectivity index (χ3n) is 3.26. The SMILES string of the molecule is CCC/C=C1\CC(C#CC(=O)NC)=Cc2ccccc21. The lowest BCUT2D eigenvalue weighted by Crippen LogP contribution is -2.14. The average Bonchev–Trinajstić information content (AvgIpc) is 2.50. The first-order valence-corrected chi connectivity index (χ1v) is 6.97. The zero-order valence-electron chi connectivity index (χ0n) is 12.0. The number of nitrogens with one attached hydrogen (secondary N) is 1. The fraction of sp³-hybridized carbons (Fsp3) is 0.278. The van der Waals surface area contributed by atoms with Gasteiger partial charge in [0, 0.05) is 19.0 Å². The molecule has 0 radical (unpaired) electrons. The molecular formula is C18H19NO. The van der Waals surface area contributed by atoms with E-state index in [4.69, 9.17) is 0 Å². The van der Waals surface area contributed by atoms with Gasteiger partial charge in [0.05, 0.1) is 0 Å². The zero-order valence-corrected chi connectivity index (χ0v) is 12.0. The summed E-state index contributed by atoms with van der Waals surface area (Å²) < 4.78 is 0. The quantitative estimate of drug-likeness (QED) is 0.816. The van der Waals surface area contributed by atoms with Gasteiger partial charge in [-0.25, -0.2) is 0 Å². The predicted molar refractivity (Wildman–Crippen MR) is 83.8 cm³/mol. The van der Waals surface area contributed by atoms with Crippen molar-refractivity contribution in [3.05, 3.63) is 47.0 Å². The molecule has 102 valence electrons. The summed E-state index contributed by atoms with van der Waals surface area (Å²) in [6.07, 6.45) is 7.37. The van der Waals surface area contributed by atoms with E-state index in [2.05, 4.69) is 54.4 Å². The Hall–Kier alpha value is -2.27. The predicted octanol–water partition coefficient (Wildman–Crippen LogP) is 3.41. The molecule has 1 aliphatic rings. The van der Waals surface area contributed by atoms with E-state index >= 15 is 0 Å². The molecule has 0 spiro atoms. The summed E-state index contributed by atoms with van der Waals surface area (Å²) in [5, 5.41) is 2.51. The van der Waals surface area contributed by atoms with Crippen LogP contribution in [0.25, 0.3) is 11.6 Å². The van der Waals surface area contributed by atoms with Gasteiger partial charge in [-0.1, -0.05) is 49.6 Å². The lowest BCUT2D eigenvalue weighted by atomic mass is 9.87. The Morgan fingerprint density at radius 3 is 2.95 bits per heavy atom. The second-order valence-electron chi connectivity index (χ2n) is 4.78. The number of hydrogen-bond acceptors (Lipinski definition) is 1. The molecule has 2 heteroatoms. The molecule has 2 nitrogen and oxygen atoms in total. The second-order valence-corrected chi connectivity index (χ2v) is 4.78. The Labute approximate surface area is 120 Å². The molecular weight excluding hydrogens is 246 g/mol. The molecule has 1 aromatic carbocycles. The summed E-state index contributed by atoms with van der Waals surface area (Å²) in [6, 6.07) is 8.34. The molecule has 0 bridgehead atoms. The third kappa shape index (κ3) is 3.39. The van der Waals surface area contributed by atoms with E-state index in [1.54, 1.807) is 7.05 Å². The van der Waals surface area contributed by atoms with Crippen LogP contribution >= 0.6 is 0 Å². The van der Waals surface area contributed by atoms with Gasteiger partial charge in [0.15, 0.2) is 0 Å². The fourth-order valence-electron chi connectivity index (χ4n) is 2.23. The largest absolute Gasteiger partial charge is 0.348 e. The van der Waals surface area contributed by atoms with E-state index < -0.39 is 0 Å². The van der Waals surface area contributed by atoms with Crippen molar-refractivity contribution in [3.8, 4) is 11.8 Å². The Balaban J connectivity index is 2.36. The topological polar surface area (TPSA) is 29.1 Å². The van der Waals surface area contributed by atoms with Crippen LogP contribution in [0.15, 0.2) is 35.9 Å². The maximum Gasteiger partial charge on any atom is 0.295 e. The van der Waals surface area contributed by atoms with Crippen LogP contribution in [0.3, 0.4) is 0 Å². The zero-order chi connectivity index (χ0) is 14.4. The number of benzene rings is 1. The molecule has 0 fully saturated rings. The first-order valence-electron chi connectivity index (χ1n) is 6.97. The second kappa shape index (κ2) is 6.77. The van der Waals surface area contributed by atoms with Crippen molar-refractivity contribution in [1.82, 2.24) is 5.32 Å². The van der Waals surface area contributed by atoms with Gasteiger partial charge >= 0.3 is 0 Å². The summed E-state index contributed by atoms with van der Waals surface area (Å²) in [5.74, 6) is 5.35. The van der Waals surface area contributed by atoms with Gasteiger partial charge in [0.25, 0.3) is 5.91 Å². The Kier molecular flexibility index (Phi) is 4.79. The highest BCUT2D eigenvalue weighted by atomic mass is 16.1. The van der Waals surface area contributed by atoms with Crippen molar-refractivity contribution in [2.24, 2.45) is 0 Å². The van der Waals surface area contributed by atoms with Gasteiger partial charge < -0.3 is 5.32 Å². The van der Waals surface area contributed by atoms with Crippen LogP contribution in [-0.4, -0.2) is 13.0 Å². The summed E-state index contributed by atoms with van der Waals surface area (Å²) in [4.78, 5) is 11.2. The normalized spacial score (nSPS) is 14.9. The summed E-state index contributed by atoms with van der Waals surface area (Å²) in [7, 11) is 1.59.